The fourth-order valence-electron chi connectivity index (χ4n) is 6.69. The van der Waals surface area contributed by atoms with E-state index in [-0.39, 0.29) is 30.6 Å². The summed E-state index contributed by atoms with van der Waals surface area (Å²) in [5.41, 5.74) is 0.362. The minimum absolute atomic E-state index is 0.0275. The number of nitrogens with two attached hydrogens (primary N) is 1. The number of carbonyl (C=O) groups is 4. The first-order valence-electron chi connectivity index (χ1n) is 13.0. The van der Waals surface area contributed by atoms with Gasteiger partial charge >= 0.3 is 0 Å². The van der Waals surface area contributed by atoms with Crippen LogP contribution in [0.5, 0.6) is 5.75 Å². The minimum Gasteiger partial charge on any atom is -0.508 e. The summed E-state index contributed by atoms with van der Waals surface area (Å²) in [6.07, 6.45) is 1.56. The average molecular weight is 559 g/mol. The summed E-state index contributed by atoms with van der Waals surface area (Å²) in [7, 11) is 2.98. The Hall–Kier alpha value is -3.81. The number of halogens is 1. The summed E-state index contributed by atoms with van der Waals surface area (Å²) in [5.74, 6) is -9.61. The lowest BCUT2D eigenvalue weighted by atomic mass is 9.57. The number of likely N-dealkylation sites (tertiary alicyclic amines) is 1. The van der Waals surface area contributed by atoms with Crippen molar-refractivity contribution in [2.75, 3.05) is 39.0 Å². The van der Waals surface area contributed by atoms with Crippen molar-refractivity contribution in [2.45, 2.75) is 37.3 Å². The van der Waals surface area contributed by atoms with Gasteiger partial charge in [0.15, 0.2) is 17.1 Å². The number of fused-ring (bicyclic) bond motifs is 3. The molecule has 0 aromatic heterocycles. The van der Waals surface area contributed by atoms with Gasteiger partial charge in [0, 0.05) is 23.1 Å². The maximum atomic E-state index is 15.4. The lowest BCUT2D eigenvalue weighted by molar-refractivity contribution is -0.153. The molecular weight excluding hydrogens is 527 g/mol. The van der Waals surface area contributed by atoms with Gasteiger partial charge in [0.25, 0.3) is 5.91 Å². The largest absolute Gasteiger partial charge is 0.508 e. The molecule has 5 rings (SSSR count). The van der Waals surface area contributed by atoms with Crippen molar-refractivity contribution in [3.05, 3.63) is 39.9 Å². The van der Waals surface area contributed by atoms with Gasteiger partial charge in [-0.3, -0.25) is 29.0 Å². The normalized spacial score (nSPS) is 28.5. The van der Waals surface area contributed by atoms with Crippen molar-refractivity contribution in [1.82, 2.24) is 9.80 Å². The Morgan fingerprint density at radius 3 is 2.45 bits per heavy atom. The highest BCUT2D eigenvalue weighted by molar-refractivity contribution is 6.24. The molecule has 1 saturated carbocycles. The molecule has 0 bridgehead atoms. The molecule has 12 nitrogen and oxygen atoms in total. The number of hydrogen-bond donors (Lipinski definition) is 6. The number of phenols is 1. The zero-order chi connectivity index (χ0) is 29.3. The van der Waals surface area contributed by atoms with Crippen LogP contribution in [0.3, 0.4) is 0 Å². The van der Waals surface area contributed by atoms with E-state index in [2.05, 4.69) is 5.32 Å². The maximum Gasteiger partial charge on any atom is 0.255 e. The van der Waals surface area contributed by atoms with Crippen molar-refractivity contribution in [1.29, 1.82) is 0 Å². The first-order valence-corrected chi connectivity index (χ1v) is 13.0. The highest BCUT2D eigenvalue weighted by Gasteiger charge is 2.64. The molecule has 1 aromatic rings. The van der Waals surface area contributed by atoms with Crippen LogP contribution in [0.4, 0.5) is 10.1 Å². The standard InChI is InChI=1S/C27H31FN4O8/c1-31(2)20-13-8-11-7-12-14(28)9-15(30-16(33)10-32-5-3-4-6-32)21(34)18(12)22(35)17(11)24(37)27(13,40)25(38)19(23(20)36)26(29)39/h9,11,13,20,34-35,38,40H,3-8,10H2,1-2H3,(H2,29,39)(H,30,33)/t11-,13-,20-,27?/m0/s1. The van der Waals surface area contributed by atoms with Gasteiger partial charge in [-0.2, -0.15) is 0 Å². The third-order valence-corrected chi connectivity index (χ3v) is 8.51. The quantitative estimate of drug-likeness (QED) is 0.214. The number of phenolic OH excluding ortho intramolecular Hbond substituents is 1. The summed E-state index contributed by atoms with van der Waals surface area (Å²) in [6, 6.07) is -0.292. The predicted molar refractivity (Wildman–Crippen MR) is 139 cm³/mol. The van der Waals surface area contributed by atoms with E-state index in [0.29, 0.717) is 0 Å². The number of carbonyl (C=O) groups excluding carboxylic acids is 4. The number of aliphatic hydroxyl groups excluding tert-OH is 2. The highest BCUT2D eigenvalue weighted by atomic mass is 19.1. The van der Waals surface area contributed by atoms with Crippen molar-refractivity contribution in [2.24, 2.45) is 17.6 Å². The monoisotopic (exact) mass is 558 g/mol. The van der Waals surface area contributed by atoms with Gasteiger partial charge in [0.2, 0.25) is 11.7 Å². The molecule has 0 spiro atoms. The van der Waals surface area contributed by atoms with Gasteiger partial charge in [-0.05, 0) is 58.8 Å². The maximum absolute atomic E-state index is 15.4. The molecule has 214 valence electrons. The van der Waals surface area contributed by atoms with Crippen LogP contribution < -0.4 is 11.1 Å². The summed E-state index contributed by atoms with van der Waals surface area (Å²) >= 11 is 0. The van der Waals surface area contributed by atoms with Crippen LogP contribution in [0.1, 0.15) is 30.4 Å². The Labute approximate surface area is 228 Å². The van der Waals surface area contributed by atoms with Gasteiger partial charge in [-0.25, -0.2) is 4.39 Å². The average Bonchev–Trinajstić information content (AvgIpc) is 3.37. The number of benzene rings is 1. The Morgan fingerprint density at radius 1 is 1.20 bits per heavy atom. The van der Waals surface area contributed by atoms with Crippen molar-refractivity contribution in [3.63, 3.8) is 0 Å². The molecular formula is C27H31FN4O8. The van der Waals surface area contributed by atoms with Crippen LogP contribution in [0.25, 0.3) is 5.76 Å². The molecule has 4 atom stereocenters. The Morgan fingerprint density at radius 2 is 1.85 bits per heavy atom. The lowest BCUT2D eigenvalue weighted by Gasteiger charge is -2.50. The van der Waals surface area contributed by atoms with E-state index in [0.717, 1.165) is 32.0 Å². The second-order valence-electron chi connectivity index (χ2n) is 11.1. The first-order chi connectivity index (χ1) is 18.8. The van der Waals surface area contributed by atoms with Crippen molar-refractivity contribution >= 4 is 34.8 Å². The van der Waals surface area contributed by atoms with Crippen LogP contribution in [0, 0.1) is 17.7 Å². The van der Waals surface area contributed by atoms with Gasteiger partial charge in [0.1, 0.15) is 22.9 Å². The molecule has 1 aromatic carbocycles. The molecule has 1 saturated heterocycles. The van der Waals surface area contributed by atoms with Crippen LogP contribution in [0.15, 0.2) is 23.0 Å². The number of hydrogen-bond acceptors (Lipinski definition) is 10. The molecule has 1 aliphatic heterocycles. The van der Waals surface area contributed by atoms with E-state index in [1.165, 1.54) is 19.0 Å². The number of rotatable bonds is 5. The van der Waals surface area contributed by atoms with Crippen LogP contribution in [-0.2, 0) is 25.6 Å². The molecule has 1 heterocycles. The van der Waals surface area contributed by atoms with Crippen molar-refractivity contribution < 1.29 is 44.0 Å². The molecule has 13 heteroatoms. The fourth-order valence-corrected chi connectivity index (χ4v) is 6.69. The van der Waals surface area contributed by atoms with Gasteiger partial charge in [0.05, 0.1) is 23.8 Å². The van der Waals surface area contributed by atoms with Gasteiger partial charge in [-0.1, -0.05) is 0 Å². The highest BCUT2D eigenvalue weighted by Crippen LogP contribution is 2.53. The summed E-state index contributed by atoms with van der Waals surface area (Å²) in [5, 5.41) is 47.2. The van der Waals surface area contributed by atoms with Gasteiger partial charge < -0.3 is 31.5 Å². The number of anilines is 1. The zero-order valence-corrected chi connectivity index (χ0v) is 22.0. The topological polar surface area (TPSA) is 194 Å². The minimum atomic E-state index is -2.79. The van der Waals surface area contributed by atoms with E-state index >= 15 is 4.39 Å². The van der Waals surface area contributed by atoms with E-state index in [1.54, 1.807) is 0 Å². The van der Waals surface area contributed by atoms with E-state index in [9.17, 15) is 39.6 Å². The van der Waals surface area contributed by atoms with Crippen LogP contribution in [0.2, 0.25) is 0 Å². The number of amides is 2. The number of aliphatic hydroxyl groups is 3. The summed E-state index contributed by atoms with van der Waals surface area (Å²) < 4.78 is 15.4. The number of primary amides is 1. The first kappa shape index (κ1) is 27.7. The third-order valence-electron chi connectivity index (χ3n) is 8.51. The third kappa shape index (κ3) is 3.99. The smallest absolute Gasteiger partial charge is 0.255 e. The summed E-state index contributed by atoms with van der Waals surface area (Å²) in [4.78, 5) is 54.8. The van der Waals surface area contributed by atoms with Crippen LogP contribution >= 0.6 is 0 Å². The lowest BCUT2D eigenvalue weighted by Crippen LogP contribution is -2.65. The predicted octanol–water partition coefficient (Wildman–Crippen LogP) is 0.137. The molecule has 2 amide bonds. The van der Waals surface area contributed by atoms with Gasteiger partial charge in [-0.15, -0.1) is 0 Å². The number of nitrogens with one attached hydrogen (secondary N) is 1. The molecule has 1 unspecified atom stereocenters. The zero-order valence-electron chi connectivity index (χ0n) is 22.0. The second kappa shape index (κ2) is 9.68. The number of ketones is 2. The second-order valence-corrected chi connectivity index (χ2v) is 11.1. The Bertz CT molecular complexity index is 1410. The SMILES string of the molecule is CN(C)[C@@H]1C(=O)C(C(N)=O)=C(O)C2(O)C(=O)C3=C(O)c4c(O)c(NC(=O)CN5CCCC5)cc(F)c4C[C@H]3C[C@@H]12. The van der Waals surface area contributed by atoms with E-state index < -0.39 is 86.7 Å². The van der Waals surface area contributed by atoms with E-state index in [4.69, 9.17) is 5.73 Å². The Kier molecular flexibility index (Phi) is 6.71. The van der Waals surface area contributed by atoms with Crippen molar-refractivity contribution in [3.8, 4) is 5.75 Å². The molecule has 0 radical (unpaired) electrons. The molecule has 2 fully saturated rings. The number of Topliss-reactive ketones (excluding diaryl/α,β-unsaturated/α-hetero) is 2. The number of nitrogens with zero attached hydrogens (tertiary/aromatic N) is 2. The molecule has 3 aliphatic carbocycles. The fraction of sp³-hybridized carbons (Fsp3) is 0.481. The van der Waals surface area contributed by atoms with Crippen LogP contribution in [-0.4, -0.2) is 99.0 Å². The number of aromatic hydroxyl groups is 1. The Balaban J connectivity index is 1.60. The summed E-state index contributed by atoms with van der Waals surface area (Å²) in [6.45, 7) is 1.49. The molecule has 40 heavy (non-hydrogen) atoms. The molecule has 7 N–H and O–H groups in total. The molecule has 4 aliphatic rings. The number of likely N-dealkylation sites (N-methyl/N-ethyl adjacent to an activating group) is 1. The van der Waals surface area contributed by atoms with E-state index in [1.807, 2.05) is 4.90 Å².